The molecule has 0 aromatic carbocycles. The van der Waals surface area contributed by atoms with E-state index in [-0.39, 0.29) is 5.91 Å². The smallest absolute Gasteiger partial charge is 0.223 e. The summed E-state index contributed by atoms with van der Waals surface area (Å²) in [5.74, 6) is 1.48. The molecule has 78 valence electrons. The highest BCUT2D eigenvalue weighted by Crippen LogP contribution is 2.05. The largest absolute Gasteiger partial charge is 0.343 e. The predicted octanol–water partition coefficient (Wildman–Crippen LogP) is 2.20. The Hall–Kier alpha value is -0.180. The lowest BCUT2D eigenvalue weighted by Crippen LogP contribution is -2.34. The molecule has 0 aliphatic heterocycles. The summed E-state index contributed by atoms with van der Waals surface area (Å²) >= 11 is 4.06. The van der Waals surface area contributed by atoms with Gasteiger partial charge in [-0.1, -0.05) is 20.3 Å². The van der Waals surface area contributed by atoms with E-state index in [0.717, 1.165) is 19.5 Å². The zero-order chi connectivity index (χ0) is 10.3. The van der Waals surface area contributed by atoms with Crippen LogP contribution in [0.4, 0.5) is 0 Å². The Morgan fingerprint density at radius 2 is 2.08 bits per heavy atom. The van der Waals surface area contributed by atoms with Crippen LogP contribution in [-0.4, -0.2) is 29.6 Å². The summed E-state index contributed by atoms with van der Waals surface area (Å²) in [7, 11) is 0. The molecule has 13 heavy (non-hydrogen) atoms. The summed E-state index contributed by atoms with van der Waals surface area (Å²) in [6.07, 6.45) is 1.69. The van der Waals surface area contributed by atoms with Gasteiger partial charge in [-0.3, -0.25) is 4.79 Å². The zero-order valence-corrected chi connectivity index (χ0v) is 9.81. The minimum Gasteiger partial charge on any atom is -0.343 e. The number of nitrogens with zero attached hydrogens (tertiary/aromatic N) is 1. The van der Waals surface area contributed by atoms with Gasteiger partial charge >= 0.3 is 0 Å². The van der Waals surface area contributed by atoms with Crippen molar-refractivity contribution in [2.45, 2.75) is 33.6 Å². The summed E-state index contributed by atoms with van der Waals surface area (Å²) < 4.78 is 0. The first kappa shape index (κ1) is 12.8. The Labute approximate surface area is 87.1 Å². The molecule has 0 saturated carbocycles. The lowest BCUT2D eigenvalue weighted by atomic mass is 10.1. The van der Waals surface area contributed by atoms with Crippen molar-refractivity contribution in [3.8, 4) is 0 Å². The number of carbonyl (C=O) groups is 1. The van der Waals surface area contributed by atoms with Crippen LogP contribution in [0.3, 0.4) is 0 Å². The van der Waals surface area contributed by atoms with Crippen molar-refractivity contribution in [2.24, 2.45) is 5.92 Å². The first-order valence-electron chi connectivity index (χ1n) is 5.04. The van der Waals surface area contributed by atoms with Gasteiger partial charge in [0, 0.05) is 19.5 Å². The molecule has 1 amide bonds. The van der Waals surface area contributed by atoms with Crippen LogP contribution in [0, 0.1) is 5.92 Å². The molecule has 0 heterocycles. The fourth-order valence-electron chi connectivity index (χ4n) is 1.17. The number of hydrogen-bond acceptors (Lipinski definition) is 2. The van der Waals surface area contributed by atoms with Gasteiger partial charge in [0.25, 0.3) is 0 Å². The van der Waals surface area contributed by atoms with Gasteiger partial charge in [-0.25, -0.2) is 0 Å². The summed E-state index contributed by atoms with van der Waals surface area (Å²) in [5, 5.41) is 0. The van der Waals surface area contributed by atoms with Crippen molar-refractivity contribution in [2.75, 3.05) is 18.8 Å². The van der Waals surface area contributed by atoms with Crippen LogP contribution in [0.25, 0.3) is 0 Å². The average molecular weight is 203 g/mol. The average Bonchev–Trinajstić information content (AvgIpc) is 2.14. The maximum absolute atomic E-state index is 11.5. The molecular weight excluding hydrogens is 182 g/mol. The third-order valence-electron chi connectivity index (χ3n) is 2.29. The maximum Gasteiger partial charge on any atom is 0.223 e. The van der Waals surface area contributed by atoms with Gasteiger partial charge < -0.3 is 4.90 Å². The molecular formula is C10H21NOS. The standard InChI is InChI=1S/C10H21NOS/c1-4-9(3)8-11(5-2)10(12)6-7-13/h9,13H,4-8H2,1-3H3. The van der Waals surface area contributed by atoms with Crippen LogP contribution >= 0.6 is 12.6 Å². The normalized spacial score (nSPS) is 12.6. The Morgan fingerprint density at radius 1 is 1.46 bits per heavy atom. The van der Waals surface area contributed by atoms with Crippen LogP contribution in [0.5, 0.6) is 0 Å². The van der Waals surface area contributed by atoms with E-state index in [1.54, 1.807) is 0 Å². The second-order valence-electron chi connectivity index (χ2n) is 3.42. The van der Waals surface area contributed by atoms with E-state index in [9.17, 15) is 4.79 Å². The molecule has 2 nitrogen and oxygen atoms in total. The van der Waals surface area contributed by atoms with Gasteiger partial charge in [-0.05, 0) is 18.6 Å². The van der Waals surface area contributed by atoms with Gasteiger partial charge in [0.1, 0.15) is 0 Å². The van der Waals surface area contributed by atoms with Gasteiger partial charge in [0.15, 0.2) is 0 Å². The van der Waals surface area contributed by atoms with E-state index in [4.69, 9.17) is 0 Å². The van der Waals surface area contributed by atoms with Crippen LogP contribution < -0.4 is 0 Å². The number of rotatable bonds is 6. The molecule has 0 saturated heterocycles. The Morgan fingerprint density at radius 3 is 2.46 bits per heavy atom. The molecule has 0 aromatic rings. The van der Waals surface area contributed by atoms with Gasteiger partial charge in [0.05, 0.1) is 0 Å². The number of carbonyl (C=O) groups excluding carboxylic acids is 1. The molecule has 0 N–H and O–H groups in total. The van der Waals surface area contributed by atoms with E-state index < -0.39 is 0 Å². The van der Waals surface area contributed by atoms with E-state index in [1.165, 1.54) is 0 Å². The van der Waals surface area contributed by atoms with Crippen LogP contribution in [0.1, 0.15) is 33.6 Å². The molecule has 1 atom stereocenters. The quantitative estimate of drug-likeness (QED) is 0.656. The highest BCUT2D eigenvalue weighted by Gasteiger charge is 2.12. The molecule has 1 unspecified atom stereocenters. The van der Waals surface area contributed by atoms with Gasteiger partial charge in [0.2, 0.25) is 5.91 Å². The van der Waals surface area contributed by atoms with E-state index in [1.807, 2.05) is 11.8 Å². The second kappa shape index (κ2) is 7.25. The monoisotopic (exact) mass is 203 g/mol. The first-order chi connectivity index (χ1) is 6.15. The molecule has 0 aromatic heterocycles. The Kier molecular flexibility index (Phi) is 7.14. The fourth-order valence-corrected chi connectivity index (χ4v) is 1.36. The van der Waals surface area contributed by atoms with Crippen LogP contribution in [0.2, 0.25) is 0 Å². The van der Waals surface area contributed by atoms with Crippen molar-refractivity contribution in [3.63, 3.8) is 0 Å². The van der Waals surface area contributed by atoms with E-state index in [0.29, 0.717) is 18.1 Å². The van der Waals surface area contributed by atoms with Crippen molar-refractivity contribution in [3.05, 3.63) is 0 Å². The van der Waals surface area contributed by atoms with Gasteiger partial charge in [-0.15, -0.1) is 0 Å². The predicted molar refractivity (Wildman–Crippen MR) is 60.2 cm³/mol. The Bertz CT molecular complexity index is 150. The third-order valence-corrected chi connectivity index (χ3v) is 2.51. The molecule has 0 radical (unpaired) electrons. The highest BCUT2D eigenvalue weighted by molar-refractivity contribution is 7.80. The van der Waals surface area contributed by atoms with Crippen molar-refractivity contribution < 1.29 is 4.79 Å². The summed E-state index contributed by atoms with van der Waals surface area (Å²) in [6.45, 7) is 8.06. The lowest BCUT2D eigenvalue weighted by Gasteiger charge is -2.23. The van der Waals surface area contributed by atoms with Gasteiger partial charge in [-0.2, -0.15) is 12.6 Å². The minimum atomic E-state index is 0.234. The number of thiol groups is 1. The summed E-state index contributed by atoms with van der Waals surface area (Å²) in [5.41, 5.74) is 0. The third kappa shape index (κ3) is 5.19. The molecule has 0 rings (SSSR count). The molecule has 0 spiro atoms. The minimum absolute atomic E-state index is 0.234. The van der Waals surface area contributed by atoms with E-state index >= 15 is 0 Å². The second-order valence-corrected chi connectivity index (χ2v) is 3.87. The SMILES string of the molecule is CCC(C)CN(CC)C(=O)CCS. The van der Waals surface area contributed by atoms with Crippen molar-refractivity contribution in [1.29, 1.82) is 0 Å². The fraction of sp³-hybridized carbons (Fsp3) is 0.900. The van der Waals surface area contributed by atoms with E-state index in [2.05, 4.69) is 26.5 Å². The molecule has 3 heteroatoms. The lowest BCUT2D eigenvalue weighted by molar-refractivity contribution is -0.131. The summed E-state index contributed by atoms with van der Waals surface area (Å²) in [4.78, 5) is 13.4. The van der Waals surface area contributed by atoms with Crippen molar-refractivity contribution in [1.82, 2.24) is 4.90 Å². The Balaban J connectivity index is 3.94. The van der Waals surface area contributed by atoms with Crippen LogP contribution in [-0.2, 0) is 4.79 Å². The maximum atomic E-state index is 11.5. The molecule has 0 bridgehead atoms. The highest BCUT2D eigenvalue weighted by atomic mass is 32.1. The molecule has 0 fully saturated rings. The number of amides is 1. The van der Waals surface area contributed by atoms with Crippen LogP contribution in [0.15, 0.2) is 0 Å². The molecule has 0 aliphatic carbocycles. The summed E-state index contributed by atoms with van der Waals surface area (Å²) in [6, 6.07) is 0. The zero-order valence-electron chi connectivity index (χ0n) is 8.92. The van der Waals surface area contributed by atoms with Crippen molar-refractivity contribution >= 4 is 18.5 Å². The topological polar surface area (TPSA) is 20.3 Å². The number of hydrogen-bond donors (Lipinski definition) is 1. The first-order valence-corrected chi connectivity index (χ1v) is 5.67. The molecule has 0 aliphatic rings.